The SMILES string of the molecule is NC(=O)c1ccc(Nc2ccnc3c(F)cccc23)cc1. The van der Waals surface area contributed by atoms with Crippen molar-refractivity contribution in [3.8, 4) is 0 Å². The zero-order valence-corrected chi connectivity index (χ0v) is 11.0. The van der Waals surface area contributed by atoms with Crippen molar-refractivity contribution >= 4 is 28.2 Å². The summed E-state index contributed by atoms with van der Waals surface area (Å²) in [6.07, 6.45) is 1.55. The van der Waals surface area contributed by atoms with Crippen LogP contribution in [-0.2, 0) is 0 Å². The van der Waals surface area contributed by atoms with Crippen molar-refractivity contribution in [3.63, 3.8) is 0 Å². The van der Waals surface area contributed by atoms with Gasteiger partial charge in [-0.15, -0.1) is 0 Å². The minimum Gasteiger partial charge on any atom is -0.366 e. The summed E-state index contributed by atoms with van der Waals surface area (Å²) in [5, 5.41) is 3.87. The number of anilines is 2. The molecule has 0 aliphatic rings. The lowest BCUT2D eigenvalue weighted by atomic mass is 10.1. The number of amides is 1. The molecule has 1 amide bonds. The third-order valence-corrected chi connectivity index (χ3v) is 3.17. The molecule has 5 heteroatoms. The van der Waals surface area contributed by atoms with Gasteiger partial charge in [0.25, 0.3) is 0 Å². The number of nitrogens with one attached hydrogen (secondary N) is 1. The molecule has 21 heavy (non-hydrogen) atoms. The maximum absolute atomic E-state index is 13.7. The second kappa shape index (κ2) is 5.20. The molecular weight excluding hydrogens is 269 g/mol. The average molecular weight is 281 g/mol. The number of fused-ring (bicyclic) bond motifs is 1. The van der Waals surface area contributed by atoms with E-state index in [9.17, 15) is 9.18 Å². The molecule has 0 unspecified atom stereocenters. The quantitative estimate of drug-likeness (QED) is 0.774. The smallest absolute Gasteiger partial charge is 0.248 e. The highest BCUT2D eigenvalue weighted by Gasteiger charge is 2.06. The van der Waals surface area contributed by atoms with Crippen LogP contribution in [0.1, 0.15) is 10.4 Å². The Morgan fingerprint density at radius 2 is 1.86 bits per heavy atom. The van der Waals surface area contributed by atoms with Gasteiger partial charge in [-0.05, 0) is 36.4 Å². The summed E-state index contributed by atoms with van der Waals surface area (Å²) in [6.45, 7) is 0. The van der Waals surface area contributed by atoms with Crippen LogP contribution in [0.3, 0.4) is 0 Å². The molecule has 0 saturated carbocycles. The predicted octanol–water partition coefficient (Wildman–Crippen LogP) is 3.22. The molecule has 0 atom stereocenters. The molecule has 0 radical (unpaired) electrons. The summed E-state index contributed by atoms with van der Waals surface area (Å²) < 4.78 is 13.7. The Bertz CT molecular complexity index is 815. The Kier molecular flexibility index (Phi) is 3.23. The Morgan fingerprint density at radius 1 is 1.10 bits per heavy atom. The van der Waals surface area contributed by atoms with Gasteiger partial charge in [-0.1, -0.05) is 12.1 Å². The molecule has 3 rings (SSSR count). The number of nitrogens with zero attached hydrogens (tertiary/aromatic N) is 1. The molecular formula is C16H12FN3O. The Morgan fingerprint density at radius 3 is 2.57 bits per heavy atom. The number of rotatable bonds is 3. The van der Waals surface area contributed by atoms with E-state index in [4.69, 9.17) is 5.73 Å². The Labute approximate surface area is 120 Å². The van der Waals surface area contributed by atoms with Crippen molar-refractivity contribution in [2.24, 2.45) is 5.73 Å². The van der Waals surface area contributed by atoms with Crippen LogP contribution >= 0.6 is 0 Å². The lowest BCUT2D eigenvalue weighted by molar-refractivity contribution is 0.100. The van der Waals surface area contributed by atoms with E-state index >= 15 is 0 Å². The monoisotopic (exact) mass is 281 g/mol. The average Bonchev–Trinajstić information content (AvgIpc) is 2.49. The van der Waals surface area contributed by atoms with Crippen LogP contribution in [0.4, 0.5) is 15.8 Å². The number of nitrogens with two attached hydrogens (primary N) is 1. The molecule has 2 aromatic carbocycles. The van der Waals surface area contributed by atoms with Crippen molar-refractivity contribution in [1.29, 1.82) is 0 Å². The van der Waals surface area contributed by atoms with Gasteiger partial charge in [0, 0.05) is 28.5 Å². The second-order valence-electron chi connectivity index (χ2n) is 4.56. The molecule has 0 fully saturated rings. The number of benzene rings is 2. The third-order valence-electron chi connectivity index (χ3n) is 3.17. The van der Waals surface area contributed by atoms with Crippen LogP contribution in [0, 0.1) is 5.82 Å². The Hall–Kier alpha value is -2.95. The van der Waals surface area contributed by atoms with Crippen molar-refractivity contribution < 1.29 is 9.18 Å². The normalized spacial score (nSPS) is 10.5. The number of hydrogen-bond donors (Lipinski definition) is 2. The molecule has 3 aromatic rings. The highest BCUT2D eigenvalue weighted by atomic mass is 19.1. The number of carbonyl (C=O) groups excluding carboxylic acids is 1. The van der Waals surface area contributed by atoms with Gasteiger partial charge < -0.3 is 11.1 Å². The maximum atomic E-state index is 13.7. The standard InChI is InChI=1S/C16H12FN3O/c17-13-3-1-2-12-14(8-9-19-15(12)13)20-11-6-4-10(5-7-11)16(18)21/h1-9H,(H2,18,21)(H,19,20). The van der Waals surface area contributed by atoms with Crippen LogP contribution in [0.15, 0.2) is 54.7 Å². The second-order valence-corrected chi connectivity index (χ2v) is 4.56. The molecule has 1 heterocycles. The summed E-state index contributed by atoms with van der Waals surface area (Å²) in [6, 6.07) is 13.3. The van der Waals surface area contributed by atoms with E-state index in [0.717, 1.165) is 11.4 Å². The fourth-order valence-corrected chi connectivity index (χ4v) is 2.12. The molecule has 0 aliphatic heterocycles. The van der Waals surface area contributed by atoms with Crippen LogP contribution in [-0.4, -0.2) is 10.9 Å². The number of para-hydroxylation sites is 1. The van der Waals surface area contributed by atoms with Crippen molar-refractivity contribution in [1.82, 2.24) is 4.98 Å². The number of primary amides is 1. The topological polar surface area (TPSA) is 68.0 Å². The van der Waals surface area contributed by atoms with Gasteiger partial charge in [-0.25, -0.2) is 4.39 Å². The highest BCUT2D eigenvalue weighted by Crippen LogP contribution is 2.26. The van der Waals surface area contributed by atoms with Crippen LogP contribution < -0.4 is 11.1 Å². The van der Waals surface area contributed by atoms with Crippen LogP contribution in [0.25, 0.3) is 10.9 Å². The van der Waals surface area contributed by atoms with E-state index in [2.05, 4.69) is 10.3 Å². The zero-order chi connectivity index (χ0) is 14.8. The minimum absolute atomic E-state index is 0.316. The minimum atomic E-state index is -0.474. The fraction of sp³-hybridized carbons (Fsp3) is 0. The number of carbonyl (C=O) groups is 1. The number of halogens is 1. The molecule has 104 valence electrons. The van der Waals surface area contributed by atoms with Gasteiger partial charge in [-0.2, -0.15) is 0 Å². The number of hydrogen-bond acceptors (Lipinski definition) is 3. The van der Waals surface area contributed by atoms with Crippen molar-refractivity contribution in [2.75, 3.05) is 5.32 Å². The summed E-state index contributed by atoms with van der Waals surface area (Å²) >= 11 is 0. The van der Waals surface area contributed by atoms with E-state index in [0.29, 0.717) is 16.5 Å². The highest BCUT2D eigenvalue weighted by molar-refractivity contribution is 5.94. The lowest BCUT2D eigenvalue weighted by Gasteiger charge is -2.10. The zero-order valence-electron chi connectivity index (χ0n) is 11.0. The summed E-state index contributed by atoms with van der Waals surface area (Å²) in [7, 11) is 0. The first kappa shape index (κ1) is 13.1. The lowest BCUT2D eigenvalue weighted by Crippen LogP contribution is -2.10. The molecule has 0 saturated heterocycles. The van der Waals surface area contributed by atoms with Gasteiger partial charge in [0.2, 0.25) is 5.91 Å². The summed E-state index contributed by atoms with van der Waals surface area (Å²) in [5.41, 5.74) is 7.47. The molecule has 1 aromatic heterocycles. The van der Waals surface area contributed by atoms with Crippen molar-refractivity contribution in [3.05, 3.63) is 66.1 Å². The molecule has 0 bridgehead atoms. The van der Waals surface area contributed by atoms with Gasteiger partial charge in [0.15, 0.2) is 0 Å². The van der Waals surface area contributed by atoms with E-state index < -0.39 is 5.91 Å². The fourth-order valence-electron chi connectivity index (χ4n) is 2.12. The molecule has 3 N–H and O–H groups in total. The van der Waals surface area contributed by atoms with Crippen molar-refractivity contribution in [2.45, 2.75) is 0 Å². The van der Waals surface area contributed by atoms with Gasteiger partial charge in [0.05, 0.1) is 0 Å². The van der Waals surface area contributed by atoms with E-state index in [1.165, 1.54) is 6.07 Å². The Balaban J connectivity index is 1.98. The van der Waals surface area contributed by atoms with E-state index in [1.807, 2.05) is 0 Å². The first-order valence-electron chi connectivity index (χ1n) is 6.35. The number of aromatic nitrogens is 1. The molecule has 0 aliphatic carbocycles. The summed E-state index contributed by atoms with van der Waals surface area (Å²) in [5.74, 6) is -0.835. The van der Waals surface area contributed by atoms with Gasteiger partial charge >= 0.3 is 0 Å². The third kappa shape index (κ3) is 2.53. The van der Waals surface area contributed by atoms with E-state index in [-0.39, 0.29) is 5.82 Å². The van der Waals surface area contributed by atoms with Gasteiger partial charge in [0.1, 0.15) is 11.3 Å². The maximum Gasteiger partial charge on any atom is 0.248 e. The van der Waals surface area contributed by atoms with Gasteiger partial charge in [-0.3, -0.25) is 9.78 Å². The largest absolute Gasteiger partial charge is 0.366 e. The molecule has 0 spiro atoms. The van der Waals surface area contributed by atoms with Crippen LogP contribution in [0.5, 0.6) is 0 Å². The van der Waals surface area contributed by atoms with E-state index in [1.54, 1.807) is 48.7 Å². The van der Waals surface area contributed by atoms with Crippen LogP contribution in [0.2, 0.25) is 0 Å². The first-order valence-corrected chi connectivity index (χ1v) is 6.35. The first-order chi connectivity index (χ1) is 10.1. The molecule has 4 nitrogen and oxygen atoms in total. The summed E-state index contributed by atoms with van der Waals surface area (Å²) in [4.78, 5) is 15.1. The number of pyridine rings is 1. The predicted molar refractivity (Wildman–Crippen MR) is 79.9 cm³/mol.